The molecule has 1 nitrogen and oxygen atoms in total. The lowest BCUT2D eigenvalue weighted by molar-refractivity contribution is 0.568. The van der Waals surface area contributed by atoms with E-state index in [4.69, 9.17) is 0 Å². The molecule has 0 saturated carbocycles. The molecule has 0 amide bonds. The van der Waals surface area contributed by atoms with Crippen LogP contribution in [0, 0.1) is 5.92 Å². The summed E-state index contributed by atoms with van der Waals surface area (Å²) in [7, 11) is -0.486. The van der Waals surface area contributed by atoms with Gasteiger partial charge in [0.2, 0.25) is 0 Å². The summed E-state index contributed by atoms with van der Waals surface area (Å²) in [5.74, 6) is 0.779. The minimum absolute atomic E-state index is 0.486. The van der Waals surface area contributed by atoms with Crippen molar-refractivity contribution in [3.8, 4) is 0 Å². The second-order valence-electron chi connectivity index (χ2n) is 2.49. The summed E-state index contributed by atoms with van der Waals surface area (Å²) < 4.78 is 9.99. The van der Waals surface area contributed by atoms with Gasteiger partial charge in [0.05, 0.1) is 8.46 Å². The van der Waals surface area contributed by atoms with Crippen LogP contribution in [0.2, 0.25) is 0 Å². The minimum atomic E-state index is -0.486. The first kappa shape index (κ1) is 8.23. The second kappa shape index (κ2) is 5.37. The zero-order valence-corrected chi connectivity index (χ0v) is 6.84. The molecular weight excluding hydrogens is 119 g/mol. The van der Waals surface area contributed by atoms with Crippen molar-refractivity contribution < 1.29 is 4.57 Å². The number of hydrogen-bond donors (Lipinski definition) is 0. The number of hydrogen-bond acceptors (Lipinski definition) is 1. The Labute approximate surface area is 52.7 Å². The van der Waals surface area contributed by atoms with Crippen LogP contribution in [0.1, 0.15) is 26.7 Å². The molecule has 8 heavy (non-hydrogen) atoms. The van der Waals surface area contributed by atoms with Crippen LogP contribution in [-0.2, 0) is 4.57 Å². The largest absolute Gasteiger partial charge is 0.330 e. The Morgan fingerprint density at radius 2 is 2.12 bits per heavy atom. The molecule has 0 aliphatic carbocycles. The molecule has 1 atom stereocenters. The van der Waals surface area contributed by atoms with Crippen molar-refractivity contribution in [3.05, 3.63) is 0 Å². The first-order valence-corrected chi connectivity index (χ1v) is 4.49. The summed E-state index contributed by atoms with van der Waals surface area (Å²) in [6.45, 7) is 4.39. The highest BCUT2D eigenvalue weighted by Crippen LogP contribution is 2.06. The Morgan fingerprint density at radius 1 is 1.50 bits per heavy atom. The average Bonchev–Trinajstić information content (AvgIpc) is 1.66. The van der Waals surface area contributed by atoms with Crippen molar-refractivity contribution in [2.45, 2.75) is 26.7 Å². The zero-order valence-electron chi connectivity index (χ0n) is 5.68. The Kier molecular flexibility index (Phi) is 5.52. The molecule has 0 aromatic heterocycles. The lowest BCUT2D eigenvalue weighted by Gasteiger charge is -1.98. The van der Waals surface area contributed by atoms with Gasteiger partial charge in [-0.3, -0.25) is 0 Å². The highest BCUT2D eigenvalue weighted by Gasteiger charge is 1.90. The third-order valence-corrected chi connectivity index (χ3v) is 1.75. The smallest absolute Gasteiger partial charge is 0.0645 e. The van der Waals surface area contributed by atoms with Crippen molar-refractivity contribution in [2.75, 3.05) is 6.16 Å². The van der Waals surface area contributed by atoms with Crippen LogP contribution in [-0.4, -0.2) is 6.16 Å². The van der Waals surface area contributed by atoms with E-state index >= 15 is 0 Å². The maximum atomic E-state index is 9.99. The van der Waals surface area contributed by atoms with Crippen LogP contribution in [0.4, 0.5) is 0 Å². The SMILES string of the molecule is CC(C)CCC[PH2]=O. The summed E-state index contributed by atoms with van der Waals surface area (Å²) in [5, 5.41) is 0. The van der Waals surface area contributed by atoms with Gasteiger partial charge in [0.15, 0.2) is 0 Å². The maximum Gasteiger partial charge on any atom is 0.0645 e. The van der Waals surface area contributed by atoms with E-state index in [2.05, 4.69) is 13.8 Å². The third-order valence-electron chi connectivity index (χ3n) is 1.10. The standard InChI is InChI=1S/C6H15OP/c1-6(2)4-3-5-8-7/h6H,3-5,8H2,1-2H3. The Hall–Kier alpha value is 0.230. The molecule has 0 radical (unpaired) electrons. The summed E-state index contributed by atoms with van der Waals surface area (Å²) in [6, 6.07) is 0. The molecule has 2 heteroatoms. The maximum absolute atomic E-state index is 9.99. The van der Waals surface area contributed by atoms with Crippen LogP contribution < -0.4 is 0 Å². The van der Waals surface area contributed by atoms with Gasteiger partial charge in [-0.25, -0.2) is 0 Å². The molecular formula is C6H15OP. The quantitative estimate of drug-likeness (QED) is 0.425. The predicted octanol–water partition coefficient (Wildman–Crippen LogP) is 2.18. The molecule has 0 rings (SSSR count). The van der Waals surface area contributed by atoms with Crippen molar-refractivity contribution in [2.24, 2.45) is 5.92 Å². The summed E-state index contributed by atoms with van der Waals surface area (Å²) in [6.07, 6.45) is 3.32. The van der Waals surface area contributed by atoms with Gasteiger partial charge in [0.1, 0.15) is 0 Å². The van der Waals surface area contributed by atoms with E-state index in [-0.39, 0.29) is 0 Å². The molecule has 1 unspecified atom stereocenters. The lowest BCUT2D eigenvalue weighted by Crippen LogP contribution is -1.86. The molecule has 0 bridgehead atoms. The Morgan fingerprint density at radius 3 is 2.50 bits per heavy atom. The molecule has 0 aliphatic rings. The van der Waals surface area contributed by atoms with Crippen molar-refractivity contribution in [3.63, 3.8) is 0 Å². The van der Waals surface area contributed by atoms with Crippen molar-refractivity contribution >= 4 is 8.46 Å². The lowest BCUT2D eigenvalue weighted by atomic mass is 10.1. The van der Waals surface area contributed by atoms with Gasteiger partial charge in [0.25, 0.3) is 0 Å². The molecule has 0 heterocycles. The van der Waals surface area contributed by atoms with E-state index in [1.54, 1.807) is 0 Å². The van der Waals surface area contributed by atoms with Crippen LogP contribution >= 0.6 is 8.46 Å². The zero-order chi connectivity index (χ0) is 6.41. The molecule has 0 saturated heterocycles. The van der Waals surface area contributed by atoms with Crippen LogP contribution in [0.5, 0.6) is 0 Å². The van der Waals surface area contributed by atoms with Gasteiger partial charge in [-0.05, 0) is 18.5 Å². The monoisotopic (exact) mass is 134 g/mol. The molecule has 0 fully saturated rings. The molecule has 0 spiro atoms. The summed E-state index contributed by atoms with van der Waals surface area (Å²) >= 11 is 0. The van der Waals surface area contributed by atoms with E-state index in [0.29, 0.717) is 0 Å². The van der Waals surface area contributed by atoms with E-state index < -0.39 is 8.46 Å². The predicted molar refractivity (Wildman–Crippen MR) is 39.3 cm³/mol. The van der Waals surface area contributed by atoms with Gasteiger partial charge in [-0.2, -0.15) is 0 Å². The topological polar surface area (TPSA) is 17.1 Å². The first-order chi connectivity index (χ1) is 3.77. The van der Waals surface area contributed by atoms with E-state index in [1.165, 1.54) is 6.42 Å². The fourth-order valence-corrected chi connectivity index (χ4v) is 1.01. The fourth-order valence-electron chi connectivity index (χ4n) is 0.609. The van der Waals surface area contributed by atoms with E-state index in [1.807, 2.05) is 0 Å². The van der Waals surface area contributed by atoms with Crippen molar-refractivity contribution in [1.29, 1.82) is 0 Å². The Balaban J connectivity index is 2.81. The van der Waals surface area contributed by atoms with Crippen LogP contribution in [0.25, 0.3) is 0 Å². The van der Waals surface area contributed by atoms with Crippen LogP contribution in [0.3, 0.4) is 0 Å². The van der Waals surface area contributed by atoms with E-state index in [0.717, 1.165) is 18.5 Å². The molecule has 50 valence electrons. The third kappa shape index (κ3) is 6.23. The second-order valence-corrected chi connectivity index (χ2v) is 3.40. The van der Waals surface area contributed by atoms with E-state index in [9.17, 15) is 4.57 Å². The normalized spacial score (nSPS) is 11.9. The van der Waals surface area contributed by atoms with Gasteiger partial charge in [-0.1, -0.05) is 20.3 Å². The summed E-state index contributed by atoms with van der Waals surface area (Å²) in [5.41, 5.74) is 0. The molecule has 0 aromatic rings. The first-order valence-electron chi connectivity index (χ1n) is 3.21. The highest BCUT2D eigenvalue weighted by atomic mass is 31.1. The number of rotatable bonds is 4. The van der Waals surface area contributed by atoms with Gasteiger partial charge >= 0.3 is 0 Å². The van der Waals surface area contributed by atoms with Gasteiger partial charge < -0.3 is 4.57 Å². The van der Waals surface area contributed by atoms with Gasteiger partial charge in [-0.15, -0.1) is 0 Å². The average molecular weight is 134 g/mol. The fraction of sp³-hybridized carbons (Fsp3) is 1.00. The minimum Gasteiger partial charge on any atom is -0.330 e. The van der Waals surface area contributed by atoms with Crippen LogP contribution in [0.15, 0.2) is 0 Å². The molecule has 0 N–H and O–H groups in total. The molecule has 0 aliphatic heterocycles. The van der Waals surface area contributed by atoms with Crippen molar-refractivity contribution in [1.82, 2.24) is 0 Å². The Bertz CT molecular complexity index is 61.5. The summed E-state index contributed by atoms with van der Waals surface area (Å²) in [4.78, 5) is 0. The molecule has 0 aromatic carbocycles. The van der Waals surface area contributed by atoms with Gasteiger partial charge in [0, 0.05) is 0 Å². The highest BCUT2D eigenvalue weighted by molar-refractivity contribution is 7.23.